The van der Waals surface area contributed by atoms with E-state index in [1.807, 2.05) is 6.21 Å². The number of unbranched alkanes of at least 4 members (excludes halogenated alkanes) is 22. The number of hydrogen-bond acceptors (Lipinski definition) is 4. The van der Waals surface area contributed by atoms with Crippen LogP contribution in [0.25, 0.3) is 0 Å². The lowest BCUT2D eigenvalue weighted by Gasteiger charge is -2.09. The van der Waals surface area contributed by atoms with Gasteiger partial charge < -0.3 is 10.6 Å². The monoisotopic (exact) mass is 683 g/mol. The minimum atomic E-state index is 0.690. The summed E-state index contributed by atoms with van der Waals surface area (Å²) in [6, 6.07) is 12.6. The van der Waals surface area contributed by atoms with Crippen LogP contribution in [-0.4, -0.2) is 25.0 Å². The molecule has 278 valence electrons. The molecule has 0 aliphatic carbocycles. The van der Waals surface area contributed by atoms with E-state index in [2.05, 4.69) is 93.5 Å². The lowest BCUT2D eigenvalue weighted by Crippen LogP contribution is -2.00. The van der Waals surface area contributed by atoms with E-state index in [0.717, 1.165) is 48.7 Å². The van der Waals surface area contributed by atoms with Crippen LogP contribution in [0.4, 0.5) is 22.7 Å². The van der Waals surface area contributed by atoms with Crippen molar-refractivity contribution in [2.75, 3.05) is 23.7 Å². The predicted molar refractivity (Wildman–Crippen MR) is 226 cm³/mol. The summed E-state index contributed by atoms with van der Waals surface area (Å²) in [5.74, 6) is 6.76. The Labute approximate surface area is 309 Å². The third-order valence-electron chi connectivity index (χ3n) is 9.48. The van der Waals surface area contributed by atoms with E-state index in [0.29, 0.717) is 5.71 Å². The number of benzene rings is 2. The molecule has 0 spiro atoms. The molecule has 2 rings (SSSR count). The maximum absolute atomic E-state index is 4.97. The maximum atomic E-state index is 4.97. The zero-order valence-corrected chi connectivity index (χ0v) is 33.1. The highest BCUT2D eigenvalue weighted by Crippen LogP contribution is 2.28. The van der Waals surface area contributed by atoms with Crippen molar-refractivity contribution >= 4 is 34.7 Å². The second-order valence-electron chi connectivity index (χ2n) is 14.3. The molecule has 0 aromatic heterocycles. The topological polar surface area (TPSA) is 48.8 Å². The molecule has 0 radical (unpaired) electrons. The fourth-order valence-corrected chi connectivity index (χ4v) is 6.50. The Balaban J connectivity index is 1.64. The van der Waals surface area contributed by atoms with Crippen LogP contribution in [0.1, 0.15) is 180 Å². The van der Waals surface area contributed by atoms with Gasteiger partial charge in [0.2, 0.25) is 0 Å². The van der Waals surface area contributed by atoms with Gasteiger partial charge >= 0.3 is 0 Å². The summed E-state index contributed by atoms with van der Waals surface area (Å²) in [7, 11) is 0. The maximum Gasteiger partial charge on any atom is 0.132 e. The number of anilines is 2. The third-order valence-corrected chi connectivity index (χ3v) is 9.48. The molecule has 50 heavy (non-hydrogen) atoms. The molecule has 0 atom stereocenters. The molecule has 0 unspecified atom stereocenters. The largest absolute Gasteiger partial charge is 0.384 e. The first-order chi connectivity index (χ1) is 24.6. The first-order valence-corrected chi connectivity index (χ1v) is 20.9. The molecular weight excluding hydrogens is 609 g/mol. The number of hydrogen-bond donors (Lipinski definition) is 2. The van der Waals surface area contributed by atoms with E-state index in [-0.39, 0.29) is 0 Å². The fourth-order valence-electron chi connectivity index (χ4n) is 6.50. The quantitative estimate of drug-likeness (QED) is 0.0510. The number of rotatable bonds is 29. The lowest BCUT2D eigenvalue weighted by molar-refractivity contribution is 0.519. The van der Waals surface area contributed by atoms with Crippen molar-refractivity contribution in [1.29, 1.82) is 0 Å². The summed E-state index contributed by atoms with van der Waals surface area (Å²) in [5, 5.41) is 6.89. The molecule has 0 aliphatic rings. The Kier molecular flexibility index (Phi) is 25.6. The van der Waals surface area contributed by atoms with Crippen LogP contribution in [0, 0.1) is 25.7 Å². The minimum Gasteiger partial charge on any atom is -0.384 e. The molecule has 4 nitrogen and oxygen atoms in total. The molecule has 0 fully saturated rings. The van der Waals surface area contributed by atoms with Crippen molar-refractivity contribution in [3.05, 3.63) is 47.5 Å². The van der Waals surface area contributed by atoms with Crippen LogP contribution in [0.2, 0.25) is 0 Å². The third kappa shape index (κ3) is 21.2. The molecule has 0 saturated carbocycles. The van der Waals surface area contributed by atoms with Crippen LogP contribution in [0.15, 0.2) is 46.4 Å². The van der Waals surface area contributed by atoms with Gasteiger partial charge in [-0.15, -0.1) is 0 Å². The van der Waals surface area contributed by atoms with Crippen LogP contribution in [0.5, 0.6) is 0 Å². The van der Waals surface area contributed by atoms with Gasteiger partial charge in [-0.3, -0.25) is 4.99 Å². The highest BCUT2D eigenvalue weighted by Gasteiger charge is 2.04. The first-order valence-electron chi connectivity index (χ1n) is 20.9. The molecule has 4 heteroatoms. The van der Waals surface area contributed by atoms with E-state index in [1.54, 1.807) is 0 Å². The summed E-state index contributed by atoms with van der Waals surface area (Å²) < 4.78 is 0. The van der Waals surface area contributed by atoms with Gasteiger partial charge in [-0.05, 0) is 75.4 Å². The normalized spacial score (nSPS) is 11.6. The SMILES string of the molecule is CCCCCCCCCCCCCCCCCCCCCCCCC#CC(C=Nc1ccc(C)cc1NCC)=Nc1ccc(C)cc1NCC. The van der Waals surface area contributed by atoms with Crippen LogP contribution < -0.4 is 10.6 Å². The molecule has 0 heterocycles. The lowest BCUT2D eigenvalue weighted by atomic mass is 10.0. The van der Waals surface area contributed by atoms with Crippen molar-refractivity contribution in [2.24, 2.45) is 9.98 Å². The second kappa shape index (κ2) is 29.6. The van der Waals surface area contributed by atoms with E-state index in [4.69, 9.17) is 9.98 Å². The van der Waals surface area contributed by atoms with Crippen molar-refractivity contribution in [1.82, 2.24) is 0 Å². The predicted octanol–water partition coefficient (Wildman–Crippen LogP) is 14.6. The van der Waals surface area contributed by atoms with E-state index in [1.165, 1.54) is 146 Å². The Hall–Kier alpha value is -3.06. The summed E-state index contributed by atoms with van der Waals surface area (Å²) in [4.78, 5) is 9.79. The average molecular weight is 683 g/mol. The zero-order valence-electron chi connectivity index (χ0n) is 33.1. The average Bonchev–Trinajstić information content (AvgIpc) is 3.11. The van der Waals surface area contributed by atoms with Gasteiger partial charge in [0, 0.05) is 19.5 Å². The molecule has 2 aromatic carbocycles. The summed E-state index contributed by atoms with van der Waals surface area (Å²) in [5.41, 5.74) is 6.98. The number of nitrogens with zero attached hydrogens (tertiary/aromatic N) is 2. The fraction of sp³-hybridized carbons (Fsp3) is 0.652. The smallest absolute Gasteiger partial charge is 0.132 e. The van der Waals surface area contributed by atoms with Gasteiger partial charge in [-0.25, -0.2) is 4.99 Å². The van der Waals surface area contributed by atoms with E-state index < -0.39 is 0 Å². The Bertz CT molecular complexity index is 1260. The highest BCUT2D eigenvalue weighted by molar-refractivity contribution is 6.39. The van der Waals surface area contributed by atoms with E-state index in [9.17, 15) is 0 Å². The molecular formula is C46H74N4. The van der Waals surface area contributed by atoms with Gasteiger partial charge in [0.15, 0.2) is 0 Å². The molecule has 2 N–H and O–H groups in total. The highest BCUT2D eigenvalue weighted by atomic mass is 14.9. The van der Waals surface area contributed by atoms with E-state index >= 15 is 0 Å². The minimum absolute atomic E-state index is 0.690. The molecule has 0 aliphatic heterocycles. The standard InChI is InChI=1S/C46H74N4/c1-6-9-10-11-12-13-14-15-16-17-18-19-20-21-22-23-24-25-26-27-28-29-30-31-32-42(50-44-36-34-41(5)38-46(44)48-8-3)39-49-43-35-33-40(4)37-45(43)47-7-2/h33-39,47-48H,6-30H2,1-5H3. The van der Waals surface area contributed by atoms with Gasteiger partial charge in [-0.1, -0.05) is 160 Å². The van der Waals surface area contributed by atoms with Gasteiger partial charge in [-0.2, -0.15) is 0 Å². The second-order valence-corrected chi connectivity index (χ2v) is 14.3. The number of aliphatic imine (C=N–C) groups is 2. The van der Waals surface area contributed by atoms with Crippen LogP contribution in [0.3, 0.4) is 0 Å². The Morgan fingerprint density at radius 3 is 1.38 bits per heavy atom. The van der Waals surface area contributed by atoms with Gasteiger partial charge in [0.1, 0.15) is 5.71 Å². The van der Waals surface area contributed by atoms with Crippen molar-refractivity contribution in [3.8, 4) is 11.8 Å². The summed E-state index contributed by atoms with van der Waals surface area (Å²) in [6.45, 7) is 12.4. The van der Waals surface area contributed by atoms with Crippen molar-refractivity contribution < 1.29 is 0 Å². The zero-order chi connectivity index (χ0) is 35.9. The summed E-state index contributed by atoms with van der Waals surface area (Å²) in [6.07, 6.45) is 33.7. The summed E-state index contributed by atoms with van der Waals surface area (Å²) >= 11 is 0. The first kappa shape index (κ1) is 43.1. The van der Waals surface area contributed by atoms with Gasteiger partial charge in [0.25, 0.3) is 0 Å². The van der Waals surface area contributed by atoms with Gasteiger partial charge in [0.05, 0.1) is 29.0 Å². The number of nitrogens with one attached hydrogen (secondary N) is 2. The molecule has 2 aromatic rings. The van der Waals surface area contributed by atoms with Crippen molar-refractivity contribution in [2.45, 2.75) is 182 Å². The van der Waals surface area contributed by atoms with Crippen LogP contribution in [-0.2, 0) is 0 Å². The Morgan fingerprint density at radius 2 is 0.940 bits per heavy atom. The molecule has 0 bridgehead atoms. The Morgan fingerprint density at radius 1 is 0.540 bits per heavy atom. The number of aryl methyl sites for hydroxylation is 2. The molecule has 0 saturated heterocycles. The van der Waals surface area contributed by atoms with Crippen LogP contribution >= 0.6 is 0 Å². The van der Waals surface area contributed by atoms with Crippen molar-refractivity contribution in [3.63, 3.8) is 0 Å². The molecule has 0 amide bonds.